The lowest BCUT2D eigenvalue weighted by Crippen LogP contribution is -2.30. The van der Waals surface area contributed by atoms with Crippen LogP contribution in [0.1, 0.15) is 329 Å². The number of unbranched alkanes of at least 4 members (excludes halogenated alkanes) is 35. The Bertz CT molecular complexity index is 1470. The van der Waals surface area contributed by atoms with Crippen LogP contribution < -0.4 is 0 Å². The van der Waals surface area contributed by atoms with Crippen molar-refractivity contribution in [2.45, 2.75) is 335 Å². The molecular formula is C71H124O6. The summed E-state index contributed by atoms with van der Waals surface area (Å²) in [7, 11) is 0. The minimum atomic E-state index is -0.790. The largest absolute Gasteiger partial charge is 0.462 e. The predicted octanol–water partition coefficient (Wildman–Crippen LogP) is 22.7. The third-order valence-corrected chi connectivity index (χ3v) is 14.3. The maximum absolute atomic E-state index is 12.9. The summed E-state index contributed by atoms with van der Waals surface area (Å²) >= 11 is 0. The van der Waals surface area contributed by atoms with E-state index in [-0.39, 0.29) is 31.1 Å². The molecule has 0 amide bonds. The highest BCUT2D eigenvalue weighted by Crippen LogP contribution is 2.17. The van der Waals surface area contributed by atoms with E-state index in [2.05, 4.69) is 106 Å². The molecule has 6 heteroatoms. The highest BCUT2D eigenvalue weighted by Gasteiger charge is 2.19. The van der Waals surface area contributed by atoms with Gasteiger partial charge in [0.1, 0.15) is 13.2 Å². The number of hydrogen-bond donors (Lipinski definition) is 0. The van der Waals surface area contributed by atoms with E-state index < -0.39 is 6.10 Å². The first kappa shape index (κ1) is 73.6. The van der Waals surface area contributed by atoms with E-state index in [0.29, 0.717) is 19.3 Å². The maximum Gasteiger partial charge on any atom is 0.306 e. The number of rotatable bonds is 60. The van der Waals surface area contributed by atoms with Crippen molar-refractivity contribution in [3.63, 3.8) is 0 Å². The second kappa shape index (κ2) is 65.1. The van der Waals surface area contributed by atoms with Crippen LogP contribution in [0.5, 0.6) is 0 Å². The van der Waals surface area contributed by atoms with Crippen molar-refractivity contribution < 1.29 is 28.6 Å². The molecule has 0 aromatic rings. The molecule has 0 aliphatic rings. The molecule has 0 N–H and O–H groups in total. The molecule has 0 aliphatic heterocycles. The van der Waals surface area contributed by atoms with Crippen LogP contribution in [-0.4, -0.2) is 37.2 Å². The molecule has 0 radical (unpaired) electrons. The van der Waals surface area contributed by atoms with Crippen molar-refractivity contribution in [3.8, 4) is 0 Å². The summed E-state index contributed by atoms with van der Waals surface area (Å²) in [5.74, 6) is -0.903. The van der Waals surface area contributed by atoms with Crippen molar-refractivity contribution in [2.24, 2.45) is 0 Å². The van der Waals surface area contributed by atoms with E-state index in [4.69, 9.17) is 14.2 Å². The number of carbonyl (C=O) groups is 3. The molecule has 0 rings (SSSR count). The smallest absolute Gasteiger partial charge is 0.306 e. The van der Waals surface area contributed by atoms with Gasteiger partial charge in [-0.3, -0.25) is 14.4 Å². The van der Waals surface area contributed by atoms with Gasteiger partial charge in [-0.05, 0) is 116 Å². The molecule has 0 spiro atoms. The van der Waals surface area contributed by atoms with Crippen molar-refractivity contribution >= 4 is 17.9 Å². The molecule has 0 saturated carbocycles. The molecule has 0 bridgehead atoms. The number of carbonyl (C=O) groups excluding carboxylic acids is 3. The molecular weight excluding hydrogens is 949 g/mol. The summed E-state index contributed by atoms with van der Waals surface area (Å²) in [6.45, 7) is 6.54. The Hall–Kier alpha value is -3.41. The molecule has 0 saturated heterocycles. The number of ether oxygens (including phenoxy) is 3. The van der Waals surface area contributed by atoms with E-state index >= 15 is 0 Å². The molecule has 6 nitrogen and oxygen atoms in total. The second-order valence-electron chi connectivity index (χ2n) is 22.0. The zero-order valence-corrected chi connectivity index (χ0v) is 51.0. The Morgan fingerprint density at radius 3 is 0.805 bits per heavy atom. The van der Waals surface area contributed by atoms with Gasteiger partial charge in [0, 0.05) is 19.3 Å². The van der Waals surface area contributed by atoms with Gasteiger partial charge in [-0.15, -0.1) is 0 Å². The standard InChI is InChI=1S/C71H124O6/c1-4-7-10-13-16-19-22-25-27-28-29-30-31-32-33-34-35-36-37-38-39-40-41-42-44-46-49-52-55-58-61-64-70(73)76-67-68(66-75-69(72)63-60-57-54-51-48-45-24-21-18-15-12-9-6-3)77-71(74)65-62-59-56-53-50-47-43-26-23-20-17-14-11-8-5-2/h12,15,17,20-22,24-26,28-29,31-32,43,68H,4-11,13-14,16,18-19,23,27,30,33-42,44-67H2,1-3H3/b15-12-,20-17-,24-21-,25-22-,29-28-,32-31-,43-26-. The van der Waals surface area contributed by atoms with Crippen LogP contribution in [0, 0.1) is 0 Å². The first-order valence-corrected chi connectivity index (χ1v) is 33.1. The van der Waals surface area contributed by atoms with E-state index in [0.717, 1.165) is 128 Å². The molecule has 77 heavy (non-hydrogen) atoms. The van der Waals surface area contributed by atoms with E-state index in [1.807, 2.05) is 0 Å². The van der Waals surface area contributed by atoms with Crippen molar-refractivity contribution in [1.29, 1.82) is 0 Å². The molecule has 0 heterocycles. The Morgan fingerprint density at radius 1 is 0.260 bits per heavy atom. The second-order valence-corrected chi connectivity index (χ2v) is 22.0. The Balaban J connectivity index is 4.19. The lowest BCUT2D eigenvalue weighted by atomic mass is 10.0. The van der Waals surface area contributed by atoms with Crippen LogP contribution in [0.15, 0.2) is 85.1 Å². The monoisotopic (exact) mass is 1070 g/mol. The third-order valence-electron chi connectivity index (χ3n) is 14.3. The van der Waals surface area contributed by atoms with Crippen LogP contribution in [0.3, 0.4) is 0 Å². The van der Waals surface area contributed by atoms with Crippen molar-refractivity contribution in [3.05, 3.63) is 85.1 Å². The van der Waals surface area contributed by atoms with Crippen LogP contribution in [0.4, 0.5) is 0 Å². The Morgan fingerprint density at radius 2 is 0.494 bits per heavy atom. The maximum atomic E-state index is 12.9. The zero-order chi connectivity index (χ0) is 55.7. The summed E-state index contributed by atoms with van der Waals surface area (Å²) < 4.78 is 16.9. The number of hydrogen-bond acceptors (Lipinski definition) is 6. The number of esters is 3. The predicted molar refractivity (Wildman–Crippen MR) is 334 cm³/mol. The van der Waals surface area contributed by atoms with Gasteiger partial charge in [0.05, 0.1) is 0 Å². The van der Waals surface area contributed by atoms with E-state index in [1.54, 1.807) is 0 Å². The lowest BCUT2D eigenvalue weighted by molar-refractivity contribution is -0.167. The van der Waals surface area contributed by atoms with E-state index in [1.165, 1.54) is 161 Å². The van der Waals surface area contributed by atoms with Crippen LogP contribution in [-0.2, 0) is 28.6 Å². The molecule has 0 aliphatic carbocycles. The highest BCUT2D eigenvalue weighted by molar-refractivity contribution is 5.71. The summed E-state index contributed by atoms with van der Waals surface area (Å²) in [5, 5.41) is 0. The normalized spacial score (nSPS) is 12.6. The molecule has 444 valence electrons. The van der Waals surface area contributed by atoms with Crippen LogP contribution >= 0.6 is 0 Å². The summed E-state index contributed by atoms with van der Waals surface area (Å²) in [6.07, 6.45) is 86.0. The topological polar surface area (TPSA) is 78.9 Å². The molecule has 0 aromatic heterocycles. The minimum absolute atomic E-state index is 0.0850. The van der Waals surface area contributed by atoms with Gasteiger partial charge in [0.2, 0.25) is 0 Å². The van der Waals surface area contributed by atoms with Gasteiger partial charge in [-0.2, -0.15) is 0 Å². The van der Waals surface area contributed by atoms with E-state index in [9.17, 15) is 14.4 Å². The first-order valence-electron chi connectivity index (χ1n) is 33.1. The van der Waals surface area contributed by atoms with Gasteiger partial charge in [0.25, 0.3) is 0 Å². The van der Waals surface area contributed by atoms with Crippen molar-refractivity contribution in [2.75, 3.05) is 13.2 Å². The molecule has 0 aromatic carbocycles. The van der Waals surface area contributed by atoms with Crippen LogP contribution in [0.2, 0.25) is 0 Å². The quantitative estimate of drug-likeness (QED) is 0.0261. The summed E-state index contributed by atoms with van der Waals surface area (Å²) in [5.41, 5.74) is 0. The average molecular weight is 1070 g/mol. The fraction of sp³-hybridized carbons (Fsp3) is 0.761. The van der Waals surface area contributed by atoms with Gasteiger partial charge >= 0.3 is 17.9 Å². The SMILES string of the molecule is CCC/C=C\C/C=C\CCCCCCCC(=O)OCC(COC(=O)CCCCCCCCCCCCCCCCCC/C=C\C/C=C\C/C=C\CCCCCCC)OC(=O)CCCCCCC/C=C\C/C=C\CCCCC. The summed E-state index contributed by atoms with van der Waals surface area (Å²) in [4.78, 5) is 38.3. The fourth-order valence-corrected chi connectivity index (χ4v) is 9.34. The molecule has 1 unspecified atom stereocenters. The van der Waals surface area contributed by atoms with Crippen molar-refractivity contribution in [1.82, 2.24) is 0 Å². The van der Waals surface area contributed by atoms with Gasteiger partial charge in [0.15, 0.2) is 6.10 Å². The van der Waals surface area contributed by atoms with Gasteiger partial charge in [-0.25, -0.2) is 0 Å². The molecule has 0 fully saturated rings. The average Bonchev–Trinajstić information content (AvgIpc) is 3.43. The van der Waals surface area contributed by atoms with Gasteiger partial charge < -0.3 is 14.2 Å². The fourth-order valence-electron chi connectivity index (χ4n) is 9.34. The van der Waals surface area contributed by atoms with Crippen LogP contribution in [0.25, 0.3) is 0 Å². The minimum Gasteiger partial charge on any atom is -0.462 e. The number of allylic oxidation sites excluding steroid dienone is 14. The summed E-state index contributed by atoms with van der Waals surface area (Å²) in [6, 6.07) is 0. The highest BCUT2D eigenvalue weighted by atomic mass is 16.6. The van der Waals surface area contributed by atoms with Gasteiger partial charge in [-0.1, -0.05) is 279 Å². The molecule has 1 atom stereocenters. The Kier molecular flexibility index (Phi) is 62.2. The lowest BCUT2D eigenvalue weighted by Gasteiger charge is -2.18. The third kappa shape index (κ3) is 63.3. The first-order chi connectivity index (χ1) is 38.0. The Labute approximate surface area is 477 Å². The zero-order valence-electron chi connectivity index (χ0n) is 51.0.